The highest BCUT2D eigenvalue weighted by Crippen LogP contribution is 2.45. The van der Waals surface area contributed by atoms with Gasteiger partial charge in [0.1, 0.15) is 0 Å². The molecular formula is C32H52N3O5+. The van der Waals surface area contributed by atoms with Crippen LogP contribution in [-0.2, 0) is 9.59 Å². The Kier molecular flexibility index (Phi) is 10.7. The van der Waals surface area contributed by atoms with Gasteiger partial charge in [0.15, 0.2) is 11.5 Å². The van der Waals surface area contributed by atoms with Crippen molar-refractivity contribution in [1.82, 2.24) is 9.80 Å². The minimum absolute atomic E-state index is 0.0929. The number of unbranched alkanes of at least 4 members (excludes halogenated alkanes) is 1. The monoisotopic (exact) mass is 558 g/mol. The highest BCUT2D eigenvalue weighted by Gasteiger charge is 2.48. The third-order valence-corrected chi connectivity index (χ3v) is 8.00. The molecule has 0 radical (unpaired) electrons. The smallest absolute Gasteiger partial charge is 0.308 e. The lowest BCUT2D eigenvalue weighted by Gasteiger charge is -2.34. The number of amides is 1. The van der Waals surface area contributed by atoms with Crippen LogP contribution < -0.4 is 9.47 Å². The number of aliphatic carboxylic acids is 1. The van der Waals surface area contributed by atoms with Crippen LogP contribution >= 0.6 is 0 Å². The van der Waals surface area contributed by atoms with Crippen LogP contribution in [0.25, 0.3) is 0 Å². The van der Waals surface area contributed by atoms with Crippen LogP contribution in [0.2, 0.25) is 0 Å². The lowest BCUT2D eigenvalue weighted by molar-refractivity contribution is -0.870. The number of nitrogens with zero attached hydrogens (tertiary/aromatic N) is 3. The molecule has 0 unspecified atom stereocenters. The van der Waals surface area contributed by atoms with Gasteiger partial charge in [-0.25, -0.2) is 0 Å². The van der Waals surface area contributed by atoms with Gasteiger partial charge in [0.05, 0.1) is 40.2 Å². The second-order valence-corrected chi connectivity index (χ2v) is 13.6. The number of likely N-dealkylation sites (tertiary alicyclic amines) is 1. The summed E-state index contributed by atoms with van der Waals surface area (Å²) in [6.07, 6.45) is 5.80. The maximum absolute atomic E-state index is 13.8. The van der Waals surface area contributed by atoms with E-state index in [1.165, 1.54) is 5.57 Å². The molecule has 40 heavy (non-hydrogen) atoms. The molecule has 0 aromatic heterocycles. The van der Waals surface area contributed by atoms with Crippen LogP contribution in [0.5, 0.6) is 11.5 Å². The van der Waals surface area contributed by atoms with Crippen molar-refractivity contribution in [3.05, 3.63) is 35.4 Å². The van der Waals surface area contributed by atoms with Gasteiger partial charge in [-0.15, -0.1) is 0 Å². The van der Waals surface area contributed by atoms with Crippen molar-refractivity contribution in [2.24, 2.45) is 11.3 Å². The summed E-state index contributed by atoms with van der Waals surface area (Å²) >= 11 is 0. The van der Waals surface area contributed by atoms with Crippen LogP contribution in [0.3, 0.4) is 0 Å². The zero-order valence-corrected chi connectivity index (χ0v) is 26.0. The molecule has 0 bridgehead atoms. The Morgan fingerprint density at radius 2 is 1.80 bits per heavy atom. The van der Waals surface area contributed by atoms with Crippen LogP contribution in [0.4, 0.5) is 0 Å². The van der Waals surface area contributed by atoms with E-state index in [9.17, 15) is 14.7 Å². The summed E-state index contributed by atoms with van der Waals surface area (Å²) in [5, 5.41) is 10.6. The Morgan fingerprint density at radius 1 is 1.12 bits per heavy atom. The number of fused-ring (bicyclic) bond motifs is 1. The number of carbonyl (C=O) groups is 2. The number of rotatable bonds is 14. The SMILES string of the molecule is CCCCN(CCC[N+](C)(C)C)C(=O)CN1C[C@H](c2ccc3c(c2)OCO3)[C@@H](C(=O)O)[C@@H]1CC(C)(C)C=C(C)C. The van der Waals surface area contributed by atoms with Crippen molar-refractivity contribution in [3.8, 4) is 11.5 Å². The maximum Gasteiger partial charge on any atom is 0.308 e. The van der Waals surface area contributed by atoms with Crippen LogP contribution in [-0.4, -0.2) is 98.0 Å². The largest absolute Gasteiger partial charge is 0.481 e. The number of benzene rings is 1. The van der Waals surface area contributed by atoms with E-state index in [1.807, 2.05) is 23.1 Å². The number of quaternary nitrogens is 1. The van der Waals surface area contributed by atoms with Gasteiger partial charge in [-0.1, -0.05) is 44.9 Å². The van der Waals surface area contributed by atoms with Crippen molar-refractivity contribution in [2.45, 2.75) is 72.3 Å². The van der Waals surface area contributed by atoms with Crippen molar-refractivity contribution >= 4 is 11.9 Å². The van der Waals surface area contributed by atoms with Gasteiger partial charge in [-0.05, 0) is 49.8 Å². The van der Waals surface area contributed by atoms with E-state index in [2.05, 4.69) is 66.7 Å². The minimum Gasteiger partial charge on any atom is -0.481 e. The van der Waals surface area contributed by atoms with E-state index in [4.69, 9.17) is 9.47 Å². The number of allylic oxidation sites excluding steroid dienone is 2. The fourth-order valence-electron chi connectivity index (χ4n) is 6.33. The molecule has 3 rings (SSSR count). The highest BCUT2D eigenvalue weighted by atomic mass is 16.7. The number of carboxylic acids is 1. The molecule has 1 amide bonds. The lowest BCUT2D eigenvalue weighted by atomic mass is 9.77. The molecule has 2 heterocycles. The van der Waals surface area contributed by atoms with Crippen LogP contribution in [0.15, 0.2) is 29.8 Å². The molecule has 1 fully saturated rings. The summed E-state index contributed by atoms with van der Waals surface area (Å²) in [6.45, 7) is 14.0. The first-order valence-corrected chi connectivity index (χ1v) is 14.8. The van der Waals surface area contributed by atoms with Crippen LogP contribution in [0.1, 0.15) is 71.8 Å². The summed E-state index contributed by atoms with van der Waals surface area (Å²) < 4.78 is 12.0. The molecule has 1 aromatic carbocycles. The van der Waals surface area contributed by atoms with Gasteiger partial charge < -0.3 is 24.0 Å². The Morgan fingerprint density at radius 3 is 2.42 bits per heavy atom. The molecule has 8 heteroatoms. The van der Waals surface area contributed by atoms with Gasteiger partial charge in [0.2, 0.25) is 12.7 Å². The summed E-state index contributed by atoms with van der Waals surface area (Å²) in [6, 6.07) is 5.47. The lowest BCUT2D eigenvalue weighted by Crippen LogP contribution is -2.46. The third kappa shape index (κ3) is 8.71. The molecule has 0 aliphatic carbocycles. The number of hydrogen-bond acceptors (Lipinski definition) is 5. The van der Waals surface area contributed by atoms with E-state index in [0.29, 0.717) is 24.5 Å². The van der Waals surface area contributed by atoms with E-state index >= 15 is 0 Å². The van der Waals surface area contributed by atoms with Crippen molar-refractivity contribution in [2.75, 3.05) is 60.7 Å². The van der Waals surface area contributed by atoms with Gasteiger partial charge >= 0.3 is 5.97 Å². The molecule has 1 N–H and O–H groups in total. The molecule has 3 atom stereocenters. The van der Waals surface area contributed by atoms with E-state index in [-0.39, 0.29) is 36.6 Å². The standard InChI is InChI=1S/C32H51N3O5/c1-9-10-14-33(15-11-16-35(6,7)8)29(36)21-34-20-25(24-12-13-27-28(17-24)40-22-39-27)30(31(37)38)26(34)19-32(4,5)18-23(2)3/h12-13,17-18,25-26,30H,9-11,14-16,19-22H2,1-8H3/p+1/t25-,26+,30-/m1/s1. The molecule has 1 saturated heterocycles. The maximum atomic E-state index is 13.8. The fourth-order valence-corrected chi connectivity index (χ4v) is 6.33. The van der Waals surface area contributed by atoms with Gasteiger partial charge in [0, 0.05) is 38.0 Å². The number of carbonyl (C=O) groups excluding carboxylic acids is 1. The fraction of sp³-hybridized carbons (Fsp3) is 0.688. The predicted molar refractivity (Wildman–Crippen MR) is 159 cm³/mol. The van der Waals surface area contributed by atoms with Gasteiger partial charge in [-0.2, -0.15) is 0 Å². The third-order valence-electron chi connectivity index (χ3n) is 8.00. The zero-order chi connectivity index (χ0) is 29.7. The quantitative estimate of drug-likeness (QED) is 0.256. The molecular weight excluding hydrogens is 506 g/mol. The molecule has 1 aromatic rings. The first-order chi connectivity index (χ1) is 18.7. The predicted octanol–water partition coefficient (Wildman–Crippen LogP) is 4.99. The summed E-state index contributed by atoms with van der Waals surface area (Å²) in [5.41, 5.74) is 1.91. The second kappa shape index (κ2) is 13.4. The van der Waals surface area contributed by atoms with Gasteiger partial charge in [-0.3, -0.25) is 14.5 Å². The molecule has 2 aliphatic heterocycles. The number of ether oxygens (including phenoxy) is 2. The Balaban J connectivity index is 1.90. The van der Waals surface area contributed by atoms with Crippen molar-refractivity contribution in [3.63, 3.8) is 0 Å². The highest BCUT2D eigenvalue weighted by molar-refractivity contribution is 5.79. The normalized spacial score (nSPS) is 20.9. The molecule has 8 nitrogen and oxygen atoms in total. The average Bonchev–Trinajstić information content (AvgIpc) is 3.43. The second-order valence-electron chi connectivity index (χ2n) is 13.6. The van der Waals surface area contributed by atoms with Crippen molar-refractivity contribution in [1.29, 1.82) is 0 Å². The van der Waals surface area contributed by atoms with E-state index < -0.39 is 11.9 Å². The Bertz CT molecular complexity index is 1060. The Labute approximate surface area is 241 Å². The average molecular weight is 559 g/mol. The number of carboxylic acid groups (broad SMARTS) is 1. The summed E-state index contributed by atoms with van der Waals surface area (Å²) in [5.74, 6) is -0.283. The molecule has 0 spiro atoms. The molecule has 2 aliphatic rings. The zero-order valence-electron chi connectivity index (χ0n) is 26.0. The molecule has 224 valence electrons. The first-order valence-electron chi connectivity index (χ1n) is 14.8. The van der Waals surface area contributed by atoms with Crippen molar-refractivity contribution < 1.29 is 28.7 Å². The summed E-state index contributed by atoms with van der Waals surface area (Å²) in [7, 11) is 6.51. The first kappa shape index (κ1) is 31.9. The van der Waals surface area contributed by atoms with E-state index in [1.54, 1.807) is 0 Å². The van der Waals surface area contributed by atoms with Crippen LogP contribution in [0, 0.1) is 11.3 Å². The topological polar surface area (TPSA) is 79.3 Å². The number of hydrogen-bond donors (Lipinski definition) is 1. The Hall–Kier alpha value is -2.58. The van der Waals surface area contributed by atoms with Gasteiger partial charge in [0.25, 0.3) is 0 Å². The van der Waals surface area contributed by atoms with E-state index in [0.717, 1.165) is 48.9 Å². The summed E-state index contributed by atoms with van der Waals surface area (Å²) in [4.78, 5) is 30.8. The molecule has 0 saturated carbocycles. The minimum atomic E-state index is -0.818.